The molecule has 1 unspecified atom stereocenters. The number of carbonyl (C=O) groups is 3. The topological polar surface area (TPSA) is 98.5 Å². The molecule has 0 aromatic heterocycles. The predicted molar refractivity (Wildman–Crippen MR) is 127 cm³/mol. The number of unbranched alkanes of at least 4 members (excludes halogenated alkanes) is 12. The Hall–Kier alpha value is -1.43. The van der Waals surface area contributed by atoms with Gasteiger partial charge in [-0.25, -0.2) is 0 Å². The summed E-state index contributed by atoms with van der Waals surface area (Å²) in [5, 5.41) is 2.38. The molecule has 31 heavy (non-hydrogen) atoms. The zero-order valence-corrected chi connectivity index (χ0v) is 20.4. The fourth-order valence-electron chi connectivity index (χ4n) is 3.36. The minimum absolute atomic E-state index is 0.0428. The Morgan fingerprint density at radius 2 is 1.19 bits per heavy atom. The standard InChI is InChI=1S/C25H48N2O4/c1-4-6-7-8-9-10-11-12-13-14-15-16-17-18-23(28)27-24(29)20-19-22(26)25(30)31-21(3)5-2/h21-22H,4-20,26H2,1-3H3,(H,27,28,29)/t21?,22-/m0/s1. The molecule has 182 valence electrons. The number of hydrogen-bond donors (Lipinski definition) is 2. The quantitative estimate of drug-likeness (QED) is 0.191. The van der Waals surface area contributed by atoms with Gasteiger partial charge in [-0.2, -0.15) is 0 Å². The Balaban J connectivity index is 3.56. The van der Waals surface area contributed by atoms with Gasteiger partial charge in [0.25, 0.3) is 0 Å². The highest BCUT2D eigenvalue weighted by molar-refractivity contribution is 5.95. The third-order valence-corrected chi connectivity index (χ3v) is 5.66. The molecule has 0 saturated carbocycles. The van der Waals surface area contributed by atoms with Crippen LogP contribution in [-0.2, 0) is 19.1 Å². The molecule has 0 aliphatic rings. The molecule has 0 fully saturated rings. The summed E-state index contributed by atoms with van der Waals surface area (Å²) in [5.41, 5.74) is 5.75. The summed E-state index contributed by atoms with van der Waals surface area (Å²) in [6, 6.07) is -0.837. The molecule has 0 saturated heterocycles. The first kappa shape index (κ1) is 29.6. The van der Waals surface area contributed by atoms with Crippen LogP contribution in [0.2, 0.25) is 0 Å². The molecule has 0 aromatic carbocycles. The van der Waals surface area contributed by atoms with E-state index < -0.39 is 12.0 Å². The van der Waals surface area contributed by atoms with Gasteiger partial charge in [-0.05, 0) is 26.2 Å². The van der Waals surface area contributed by atoms with E-state index in [9.17, 15) is 14.4 Å². The van der Waals surface area contributed by atoms with Crippen molar-refractivity contribution in [2.24, 2.45) is 5.73 Å². The van der Waals surface area contributed by atoms with Gasteiger partial charge in [-0.15, -0.1) is 0 Å². The summed E-state index contributed by atoms with van der Waals surface area (Å²) in [6.07, 6.45) is 17.4. The van der Waals surface area contributed by atoms with E-state index in [2.05, 4.69) is 12.2 Å². The lowest BCUT2D eigenvalue weighted by atomic mass is 10.0. The first-order valence-electron chi connectivity index (χ1n) is 12.7. The SMILES string of the molecule is CCCCCCCCCCCCCCCC(=O)NC(=O)CC[C@H](N)C(=O)OC(C)CC. The number of hydrogen-bond acceptors (Lipinski definition) is 5. The molecule has 0 spiro atoms. The maximum atomic E-state index is 11.9. The van der Waals surface area contributed by atoms with Crippen molar-refractivity contribution in [1.29, 1.82) is 0 Å². The van der Waals surface area contributed by atoms with Crippen molar-refractivity contribution >= 4 is 17.8 Å². The number of ether oxygens (including phenoxy) is 1. The Kier molecular flexibility index (Phi) is 19.5. The van der Waals surface area contributed by atoms with Crippen molar-refractivity contribution in [2.75, 3.05) is 0 Å². The van der Waals surface area contributed by atoms with Crippen LogP contribution in [0.5, 0.6) is 0 Å². The summed E-state index contributed by atoms with van der Waals surface area (Å²) >= 11 is 0. The molecule has 0 aliphatic heterocycles. The van der Waals surface area contributed by atoms with E-state index in [0.29, 0.717) is 12.8 Å². The molecular formula is C25H48N2O4. The highest BCUT2D eigenvalue weighted by Crippen LogP contribution is 2.13. The van der Waals surface area contributed by atoms with Crippen molar-refractivity contribution in [2.45, 2.75) is 142 Å². The van der Waals surface area contributed by atoms with Crippen molar-refractivity contribution < 1.29 is 19.1 Å². The molecule has 0 aromatic rings. The number of esters is 1. The first-order valence-corrected chi connectivity index (χ1v) is 12.7. The van der Waals surface area contributed by atoms with Gasteiger partial charge in [0.05, 0.1) is 6.10 Å². The van der Waals surface area contributed by atoms with Gasteiger partial charge in [0.2, 0.25) is 11.8 Å². The summed E-state index contributed by atoms with van der Waals surface area (Å²) < 4.78 is 5.14. The Bertz CT molecular complexity index is 482. The summed E-state index contributed by atoms with van der Waals surface area (Å²) in [4.78, 5) is 35.5. The summed E-state index contributed by atoms with van der Waals surface area (Å²) in [7, 11) is 0. The third-order valence-electron chi connectivity index (χ3n) is 5.66. The first-order chi connectivity index (χ1) is 14.9. The molecule has 6 nitrogen and oxygen atoms in total. The van der Waals surface area contributed by atoms with Crippen molar-refractivity contribution in [3.63, 3.8) is 0 Å². The monoisotopic (exact) mass is 440 g/mol. The summed E-state index contributed by atoms with van der Waals surface area (Å²) in [6.45, 7) is 5.96. The Morgan fingerprint density at radius 1 is 0.742 bits per heavy atom. The van der Waals surface area contributed by atoms with Crippen molar-refractivity contribution in [3.05, 3.63) is 0 Å². The molecule has 3 N–H and O–H groups in total. The normalized spacial score (nSPS) is 12.9. The van der Waals surface area contributed by atoms with Gasteiger partial charge < -0.3 is 10.5 Å². The molecule has 0 aliphatic carbocycles. The fourth-order valence-corrected chi connectivity index (χ4v) is 3.36. The molecular weight excluding hydrogens is 392 g/mol. The largest absolute Gasteiger partial charge is 0.462 e. The number of imide groups is 1. The highest BCUT2D eigenvalue weighted by atomic mass is 16.5. The zero-order valence-electron chi connectivity index (χ0n) is 20.4. The second kappa shape index (κ2) is 20.5. The van der Waals surface area contributed by atoms with Crippen LogP contribution in [0.4, 0.5) is 0 Å². The van der Waals surface area contributed by atoms with Crippen LogP contribution in [-0.4, -0.2) is 29.9 Å². The van der Waals surface area contributed by atoms with Crippen molar-refractivity contribution in [3.8, 4) is 0 Å². The van der Waals surface area contributed by atoms with E-state index in [1.165, 1.54) is 64.2 Å². The minimum Gasteiger partial charge on any atom is -0.462 e. The lowest BCUT2D eigenvalue weighted by Crippen LogP contribution is -2.37. The number of nitrogens with one attached hydrogen (secondary N) is 1. The Morgan fingerprint density at radius 3 is 1.68 bits per heavy atom. The number of amides is 2. The van der Waals surface area contributed by atoms with Gasteiger partial charge in [0.1, 0.15) is 6.04 Å². The third kappa shape index (κ3) is 19.0. The van der Waals surface area contributed by atoms with Gasteiger partial charge in [-0.1, -0.05) is 90.9 Å². The van der Waals surface area contributed by atoms with E-state index in [1.54, 1.807) is 6.92 Å². The van der Waals surface area contributed by atoms with E-state index in [4.69, 9.17) is 10.5 Å². The van der Waals surface area contributed by atoms with Crippen LogP contribution in [0.25, 0.3) is 0 Å². The molecule has 6 heteroatoms. The molecule has 2 atom stereocenters. The molecule has 0 heterocycles. The number of nitrogens with two attached hydrogens (primary N) is 1. The van der Waals surface area contributed by atoms with Crippen LogP contribution in [0.1, 0.15) is 130 Å². The maximum Gasteiger partial charge on any atom is 0.323 e. The minimum atomic E-state index is -0.837. The Labute approximate surface area is 190 Å². The number of rotatable bonds is 20. The van der Waals surface area contributed by atoms with Crippen LogP contribution in [0.15, 0.2) is 0 Å². The number of carbonyl (C=O) groups excluding carboxylic acids is 3. The van der Waals surface area contributed by atoms with E-state index in [-0.39, 0.29) is 30.8 Å². The van der Waals surface area contributed by atoms with E-state index in [0.717, 1.165) is 19.3 Å². The molecule has 2 amide bonds. The second-order valence-electron chi connectivity index (χ2n) is 8.76. The smallest absolute Gasteiger partial charge is 0.323 e. The maximum absolute atomic E-state index is 11.9. The van der Waals surface area contributed by atoms with Crippen LogP contribution in [0, 0.1) is 0 Å². The van der Waals surface area contributed by atoms with Crippen LogP contribution < -0.4 is 11.1 Å². The second-order valence-corrected chi connectivity index (χ2v) is 8.76. The van der Waals surface area contributed by atoms with Gasteiger partial charge in [0.15, 0.2) is 0 Å². The van der Waals surface area contributed by atoms with E-state index >= 15 is 0 Å². The van der Waals surface area contributed by atoms with Gasteiger partial charge in [-0.3, -0.25) is 19.7 Å². The predicted octanol–water partition coefficient (Wildman–Crippen LogP) is 5.56. The van der Waals surface area contributed by atoms with E-state index in [1.807, 2.05) is 6.92 Å². The van der Waals surface area contributed by atoms with Crippen LogP contribution in [0.3, 0.4) is 0 Å². The molecule has 0 rings (SSSR count). The lowest BCUT2D eigenvalue weighted by Gasteiger charge is -2.15. The van der Waals surface area contributed by atoms with Gasteiger partial charge in [0, 0.05) is 12.8 Å². The van der Waals surface area contributed by atoms with Crippen LogP contribution >= 0.6 is 0 Å². The lowest BCUT2D eigenvalue weighted by molar-refractivity contribution is -0.150. The fraction of sp³-hybridized carbons (Fsp3) is 0.880. The zero-order chi connectivity index (χ0) is 23.3. The van der Waals surface area contributed by atoms with Gasteiger partial charge >= 0.3 is 5.97 Å². The van der Waals surface area contributed by atoms with Crippen molar-refractivity contribution in [1.82, 2.24) is 5.32 Å². The average Bonchev–Trinajstić information content (AvgIpc) is 2.74. The average molecular weight is 441 g/mol. The molecule has 0 radical (unpaired) electrons. The summed E-state index contributed by atoms with van der Waals surface area (Å²) in [5.74, 6) is -1.13. The highest BCUT2D eigenvalue weighted by Gasteiger charge is 2.19. The molecule has 0 bridgehead atoms.